The molecule has 0 amide bonds. The molecule has 0 heterocycles. The van der Waals surface area contributed by atoms with Gasteiger partial charge in [-0.3, -0.25) is 9.59 Å². The van der Waals surface area contributed by atoms with Crippen molar-refractivity contribution in [1.82, 2.24) is 0 Å². The van der Waals surface area contributed by atoms with E-state index < -0.39 is 0 Å². The monoisotopic (exact) mass is 309 g/mol. The number of hydrogen-bond acceptors (Lipinski definition) is 4. The minimum absolute atomic E-state index is 0.0557. The van der Waals surface area contributed by atoms with Gasteiger partial charge in [0, 0.05) is 16.7 Å². The molecule has 0 unspecified atom stereocenters. The molecule has 3 N–H and O–H groups in total. The number of nitrogens with two attached hydrogens (primary N) is 1. The van der Waals surface area contributed by atoms with Gasteiger partial charge in [-0.15, -0.1) is 0 Å². The average Bonchev–Trinajstić information content (AvgIpc) is 2.56. The fraction of sp³-hybridized carbons (Fsp3) is 0.263. The van der Waals surface area contributed by atoms with Crippen molar-refractivity contribution in [2.75, 3.05) is 5.73 Å². The molecule has 4 nitrogen and oxygen atoms in total. The lowest BCUT2D eigenvalue weighted by molar-refractivity contribution is 0.0976. The van der Waals surface area contributed by atoms with E-state index in [-0.39, 0.29) is 28.6 Å². The maximum Gasteiger partial charge on any atom is 0.198 e. The first-order valence-corrected chi connectivity index (χ1v) is 7.89. The summed E-state index contributed by atoms with van der Waals surface area (Å²) in [7, 11) is 0. The van der Waals surface area contributed by atoms with Gasteiger partial charge in [-0.1, -0.05) is 44.0 Å². The highest BCUT2D eigenvalue weighted by atomic mass is 16.3. The second-order valence-electron chi connectivity index (χ2n) is 5.88. The lowest BCUT2D eigenvalue weighted by Gasteiger charge is -2.22. The Bertz CT molecular complexity index is 809. The summed E-state index contributed by atoms with van der Waals surface area (Å²) in [6, 6.07) is 8.34. The van der Waals surface area contributed by atoms with E-state index in [4.69, 9.17) is 5.73 Å². The molecule has 0 aromatic heterocycles. The van der Waals surface area contributed by atoms with Crippen LogP contribution in [0.15, 0.2) is 30.3 Å². The number of nitrogen functional groups attached to an aromatic ring is 1. The number of ketones is 2. The van der Waals surface area contributed by atoms with Crippen molar-refractivity contribution in [1.29, 1.82) is 0 Å². The Hall–Kier alpha value is -2.62. The molecule has 0 atom stereocenters. The highest BCUT2D eigenvalue weighted by Gasteiger charge is 2.34. The van der Waals surface area contributed by atoms with Crippen LogP contribution in [0.1, 0.15) is 63.6 Å². The highest BCUT2D eigenvalue weighted by Crippen LogP contribution is 2.38. The average molecular weight is 309 g/mol. The van der Waals surface area contributed by atoms with Crippen molar-refractivity contribution < 1.29 is 14.7 Å². The fourth-order valence-corrected chi connectivity index (χ4v) is 3.14. The van der Waals surface area contributed by atoms with Crippen LogP contribution < -0.4 is 5.73 Å². The van der Waals surface area contributed by atoms with E-state index in [0.717, 1.165) is 24.8 Å². The molecule has 0 fully saturated rings. The van der Waals surface area contributed by atoms with E-state index in [2.05, 4.69) is 6.92 Å². The molecule has 2 aromatic rings. The zero-order valence-corrected chi connectivity index (χ0v) is 13.1. The molecule has 23 heavy (non-hydrogen) atoms. The van der Waals surface area contributed by atoms with E-state index in [9.17, 15) is 14.7 Å². The summed E-state index contributed by atoms with van der Waals surface area (Å²) in [5.74, 6) is -0.833. The van der Waals surface area contributed by atoms with Gasteiger partial charge in [0.15, 0.2) is 11.6 Å². The summed E-state index contributed by atoms with van der Waals surface area (Å²) in [4.78, 5) is 25.6. The summed E-state index contributed by atoms with van der Waals surface area (Å²) in [6.45, 7) is 2.10. The predicted octanol–water partition coefficient (Wildman–Crippen LogP) is 3.48. The van der Waals surface area contributed by atoms with Gasteiger partial charge < -0.3 is 10.8 Å². The largest absolute Gasteiger partial charge is 0.505 e. The smallest absolute Gasteiger partial charge is 0.198 e. The maximum absolute atomic E-state index is 12.9. The third-order valence-corrected chi connectivity index (χ3v) is 4.33. The summed E-state index contributed by atoms with van der Waals surface area (Å²) in [5, 5.41) is 10.3. The van der Waals surface area contributed by atoms with E-state index >= 15 is 0 Å². The SMILES string of the molecule is CCCCCc1cc(N)c(O)c2c1C(=O)c1ccccc1C2=O. The quantitative estimate of drug-likeness (QED) is 0.439. The number of rotatable bonds is 4. The molecule has 0 radical (unpaired) electrons. The third-order valence-electron chi connectivity index (χ3n) is 4.33. The van der Waals surface area contributed by atoms with Crippen LogP contribution in [0, 0.1) is 0 Å². The Kier molecular flexibility index (Phi) is 3.90. The maximum atomic E-state index is 12.9. The van der Waals surface area contributed by atoms with Crippen molar-refractivity contribution >= 4 is 17.3 Å². The van der Waals surface area contributed by atoms with Crippen LogP contribution in [0.3, 0.4) is 0 Å². The minimum Gasteiger partial charge on any atom is -0.505 e. The topological polar surface area (TPSA) is 80.4 Å². The number of phenols is 1. The minimum atomic E-state index is -0.336. The number of anilines is 1. The van der Waals surface area contributed by atoms with Crippen LogP contribution >= 0.6 is 0 Å². The second kappa shape index (κ2) is 5.88. The number of unbranched alkanes of at least 4 members (excludes halogenated alkanes) is 2. The molecule has 4 heteroatoms. The molecule has 0 saturated heterocycles. The number of aryl methyl sites for hydroxylation is 1. The fourth-order valence-electron chi connectivity index (χ4n) is 3.14. The normalized spacial score (nSPS) is 12.9. The lowest BCUT2D eigenvalue weighted by Crippen LogP contribution is -2.23. The van der Waals surface area contributed by atoms with Crippen LogP contribution in [0.25, 0.3) is 0 Å². The van der Waals surface area contributed by atoms with Gasteiger partial charge in [-0.2, -0.15) is 0 Å². The van der Waals surface area contributed by atoms with Crippen molar-refractivity contribution in [2.45, 2.75) is 32.6 Å². The van der Waals surface area contributed by atoms with Gasteiger partial charge in [-0.05, 0) is 24.5 Å². The Morgan fingerprint density at radius 1 is 1.00 bits per heavy atom. The standard InChI is InChI=1S/C19H19NO3/c1-2-3-4-7-11-10-14(20)19(23)16-15(11)17(21)12-8-5-6-9-13(12)18(16)22/h5-6,8-10,23H,2-4,7,20H2,1H3. The second-order valence-corrected chi connectivity index (χ2v) is 5.88. The zero-order valence-electron chi connectivity index (χ0n) is 13.1. The van der Waals surface area contributed by atoms with Crippen LogP contribution in [-0.4, -0.2) is 16.7 Å². The number of aromatic hydroxyl groups is 1. The Morgan fingerprint density at radius 3 is 2.22 bits per heavy atom. The Morgan fingerprint density at radius 2 is 1.61 bits per heavy atom. The summed E-state index contributed by atoms with van der Waals surface area (Å²) in [5.41, 5.74) is 7.85. The Labute approximate surface area is 134 Å². The first-order valence-electron chi connectivity index (χ1n) is 7.89. The van der Waals surface area contributed by atoms with Gasteiger partial charge in [0.2, 0.25) is 0 Å². The molecular formula is C19H19NO3. The molecule has 0 spiro atoms. The first-order chi connectivity index (χ1) is 11.1. The lowest BCUT2D eigenvalue weighted by atomic mass is 9.80. The number of carbonyl (C=O) groups is 2. The van der Waals surface area contributed by atoms with E-state index in [1.807, 2.05) is 0 Å². The number of fused-ring (bicyclic) bond motifs is 2. The molecule has 1 aliphatic carbocycles. The molecule has 0 aliphatic heterocycles. The molecule has 2 aromatic carbocycles. The van der Waals surface area contributed by atoms with Crippen molar-refractivity contribution in [3.63, 3.8) is 0 Å². The van der Waals surface area contributed by atoms with E-state index in [1.165, 1.54) is 0 Å². The van der Waals surface area contributed by atoms with Gasteiger partial charge in [0.05, 0.1) is 11.3 Å². The summed E-state index contributed by atoms with van der Waals surface area (Å²) < 4.78 is 0. The number of benzene rings is 2. The number of hydrogen-bond donors (Lipinski definition) is 2. The van der Waals surface area contributed by atoms with Crippen LogP contribution in [-0.2, 0) is 6.42 Å². The van der Waals surface area contributed by atoms with Gasteiger partial charge in [-0.25, -0.2) is 0 Å². The molecular weight excluding hydrogens is 290 g/mol. The summed E-state index contributed by atoms with van der Waals surface area (Å²) in [6.07, 6.45) is 3.68. The summed E-state index contributed by atoms with van der Waals surface area (Å²) >= 11 is 0. The molecule has 0 saturated carbocycles. The highest BCUT2D eigenvalue weighted by molar-refractivity contribution is 6.30. The third kappa shape index (κ3) is 2.40. The van der Waals surface area contributed by atoms with Gasteiger partial charge in [0.25, 0.3) is 0 Å². The molecule has 3 rings (SSSR count). The van der Waals surface area contributed by atoms with Gasteiger partial charge >= 0.3 is 0 Å². The van der Waals surface area contributed by atoms with Crippen LogP contribution in [0.4, 0.5) is 5.69 Å². The number of carbonyl (C=O) groups excluding carboxylic acids is 2. The zero-order chi connectivity index (χ0) is 16.6. The first kappa shape index (κ1) is 15.3. The molecule has 118 valence electrons. The van der Waals surface area contributed by atoms with Crippen molar-refractivity contribution in [3.8, 4) is 5.75 Å². The molecule has 0 bridgehead atoms. The van der Waals surface area contributed by atoms with Crippen LogP contribution in [0.5, 0.6) is 5.75 Å². The van der Waals surface area contributed by atoms with E-state index in [0.29, 0.717) is 23.1 Å². The Balaban J connectivity index is 2.20. The van der Waals surface area contributed by atoms with Crippen molar-refractivity contribution in [3.05, 3.63) is 58.1 Å². The molecule has 1 aliphatic rings. The van der Waals surface area contributed by atoms with E-state index in [1.54, 1.807) is 30.3 Å². The van der Waals surface area contributed by atoms with Crippen LogP contribution in [0.2, 0.25) is 0 Å². The van der Waals surface area contributed by atoms with Gasteiger partial charge in [0.1, 0.15) is 5.75 Å². The van der Waals surface area contributed by atoms with Crippen molar-refractivity contribution in [2.24, 2.45) is 0 Å². The number of phenolic OH excluding ortho intramolecular Hbond substituents is 1. The predicted molar refractivity (Wildman–Crippen MR) is 89.1 cm³/mol.